The molecule has 3 rings (SSSR count). The lowest BCUT2D eigenvalue weighted by Gasteiger charge is -2.08. The Bertz CT molecular complexity index is 795. The molecule has 0 spiro atoms. The molecule has 1 heterocycles. The molecule has 0 saturated carbocycles. The van der Waals surface area contributed by atoms with Crippen molar-refractivity contribution in [1.29, 1.82) is 0 Å². The first-order valence-electron chi connectivity index (χ1n) is 6.08. The van der Waals surface area contributed by atoms with Crippen molar-refractivity contribution in [2.45, 2.75) is 6.92 Å². The van der Waals surface area contributed by atoms with Crippen LogP contribution in [0, 0.1) is 6.92 Å². The number of carbonyl (C=O) groups excluding carboxylic acids is 1. The molecule has 0 bridgehead atoms. The minimum absolute atomic E-state index is 0.0669. The van der Waals surface area contributed by atoms with Gasteiger partial charge in [0, 0.05) is 5.56 Å². The predicted molar refractivity (Wildman–Crippen MR) is 80.4 cm³/mol. The summed E-state index contributed by atoms with van der Waals surface area (Å²) in [5.41, 5.74) is 4.51. The number of phenols is 1. The zero-order valence-electron chi connectivity index (χ0n) is 10.8. The summed E-state index contributed by atoms with van der Waals surface area (Å²) in [6.45, 7) is 1.88. The molecule has 0 fully saturated rings. The van der Waals surface area contributed by atoms with Crippen molar-refractivity contribution in [3.05, 3.63) is 53.0 Å². The van der Waals surface area contributed by atoms with E-state index in [0.717, 1.165) is 15.8 Å². The summed E-state index contributed by atoms with van der Waals surface area (Å²) in [6.07, 6.45) is 0. The number of benzene rings is 2. The SMILES string of the molecule is Cc1ccc(NC(=O)c2ccc3ncsc3c2)c(O)c1. The smallest absolute Gasteiger partial charge is 0.255 e. The summed E-state index contributed by atoms with van der Waals surface area (Å²) in [6, 6.07) is 10.5. The number of nitrogens with zero attached hydrogens (tertiary/aromatic N) is 1. The van der Waals surface area contributed by atoms with Gasteiger partial charge in [0.15, 0.2) is 0 Å². The van der Waals surface area contributed by atoms with Gasteiger partial charge in [0.05, 0.1) is 21.4 Å². The Morgan fingerprint density at radius 2 is 2.10 bits per heavy atom. The number of rotatable bonds is 2. The second kappa shape index (κ2) is 4.94. The van der Waals surface area contributed by atoms with Crippen LogP contribution in [0.3, 0.4) is 0 Å². The van der Waals surface area contributed by atoms with E-state index >= 15 is 0 Å². The Morgan fingerprint density at radius 3 is 2.90 bits per heavy atom. The first kappa shape index (κ1) is 12.6. The third-order valence-corrected chi connectivity index (χ3v) is 3.79. The van der Waals surface area contributed by atoms with Crippen molar-refractivity contribution >= 4 is 33.1 Å². The van der Waals surface area contributed by atoms with Crippen LogP contribution in [0.5, 0.6) is 5.75 Å². The van der Waals surface area contributed by atoms with Gasteiger partial charge in [0.25, 0.3) is 5.91 Å². The number of aryl methyl sites for hydroxylation is 1. The van der Waals surface area contributed by atoms with Crippen LogP contribution in [0.4, 0.5) is 5.69 Å². The van der Waals surface area contributed by atoms with Crippen LogP contribution in [-0.4, -0.2) is 16.0 Å². The van der Waals surface area contributed by atoms with Gasteiger partial charge in [-0.25, -0.2) is 4.98 Å². The molecule has 2 N–H and O–H groups in total. The number of fused-ring (bicyclic) bond motifs is 1. The van der Waals surface area contributed by atoms with E-state index in [0.29, 0.717) is 11.3 Å². The Hall–Kier alpha value is -2.40. The molecular formula is C15H12N2O2S. The standard InChI is InChI=1S/C15H12N2O2S/c1-9-2-4-11(13(18)6-9)17-15(19)10-3-5-12-14(7-10)20-8-16-12/h2-8,18H,1H3,(H,17,19). The summed E-state index contributed by atoms with van der Waals surface area (Å²) in [5, 5.41) is 12.5. The van der Waals surface area contributed by atoms with Crippen LogP contribution in [0.1, 0.15) is 15.9 Å². The maximum atomic E-state index is 12.2. The van der Waals surface area contributed by atoms with Crippen molar-refractivity contribution < 1.29 is 9.90 Å². The molecule has 0 atom stereocenters. The number of amides is 1. The fourth-order valence-electron chi connectivity index (χ4n) is 1.94. The van der Waals surface area contributed by atoms with Crippen molar-refractivity contribution in [2.24, 2.45) is 0 Å². The fourth-order valence-corrected chi connectivity index (χ4v) is 2.65. The van der Waals surface area contributed by atoms with E-state index in [1.54, 1.807) is 29.8 Å². The molecule has 0 radical (unpaired) electrons. The van der Waals surface area contributed by atoms with Crippen LogP contribution in [0.15, 0.2) is 41.9 Å². The number of aromatic nitrogens is 1. The number of hydrogen-bond acceptors (Lipinski definition) is 4. The quantitative estimate of drug-likeness (QED) is 0.707. The molecule has 0 saturated heterocycles. The highest BCUT2D eigenvalue weighted by molar-refractivity contribution is 7.16. The first-order valence-corrected chi connectivity index (χ1v) is 6.96. The highest BCUT2D eigenvalue weighted by atomic mass is 32.1. The second-order valence-corrected chi connectivity index (χ2v) is 5.40. The van der Waals surface area contributed by atoms with E-state index in [2.05, 4.69) is 10.3 Å². The van der Waals surface area contributed by atoms with Crippen LogP contribution in [0.25, 0.3) is 10.2 Å². The minimum Gasteiger partial charge on any atom is -0.506 e. The topological polar surface area (TPSA) is 62.2 Å². The Labute approximate surface area is 119 Å². The highest BCUT2D eigenvalue weighted by Crippen LogP contribution is 2.25. The van der Waals surface area contributed by atoms with Gasteiger partial charge in [-0.15, -0.1) is 11.3 Å². The molecule has 0 aliphatic heterocycles. The molecule has 4 nitrogen and oxygen atoms in total. The number of thiazole rings is 1. The predicted octanol–water partition coefficient (Wildman–Crippen LogP) is 3.56. The zero-order valence-corrected chi connectivity index (χ0v) is 11.6. The summed E-state index contributed by atoms with van der Waals surface area (Å²) in [4.78, 5) is 16.4. The Balaban J connectivity index is 1.88. The number of hydrogen-bond donors (Lipinski definition) is 2. The van der Waals surface area contributed by atoms with E-state index in [-0.39, 0.29) is 11.7 Å². The number of aromatic hydroxyl groups is 1. The van der Waals surface area contributed by atoms with Crippen LogP contribution in [-0.2, 0) is 0 Å². The highest BCUT2D eigenvalue weighted by Gasteiger charge is 2.10. The normalized spacial score (nSPS) is 10.7. The van der Waals surface area contributed by atoms with E-state index < -0.39 is 0 Å². The van der Waals surface area contributed by atoms with Crippen molar-refractivity contribution in [3.63, 3.8) is 0 Å². The monoisotopic (exact) mass is 284 g/mol. The lowest BCUT2D eigenvalue weighted by molar-refractivity contribution is 0.102. The summed E-state index contributed by atoms with van der Waals surface area (Å²) in [5.74, 6) is -0.184. The zero-order chi connectivity index (χ0) is 14.1. The van der Waals surface area contributed by atoms with Gasteiger partial charge in [-0.3, -0.25) is 4.79 Å². The van der Waals surface area contributed by atoms with Gasteiger partial charge in [0.2, 0.25) is 0 Å². The molecule has 1 amide bonds. The summed E-state index contributed by atoms with van der Waals surface area (Å²) in [7, 11) is 0. The van der Waals surface area contributed by atoms with Gasteiger partial charge < -0.3 is 10.4 Å². The van der Waals surface area contributed by atoms with E-state index in [4.69, 9.17) is 0 Å². The van der Waals surface area contributed by atoms with Gasteiger partial charge in [-0.2, -0.15) is 0 Å². The van der Waals surface area contributed by atoms with E-state index in [1.807, 2.05) is 19.1 Å². The summed E-state index contributed by atoms with van der Waals surface area (Å²) >= 11 is 1.49. The number of anilines is 1. The van der Waals surface area contributed by atoms with Gasteiger partial charge in [0.1, 0.15) is 5.75 Å². The third kappa shape index (κ3) is 2.35. The Kier molecular flexibility index (Phi) is 3.12. The lowest BCUT2D eigenvalue weighted by Crippen LogP contribution is -2.11. The second-order valence-electron chi connectivity index (χ2n) is 4.51. The Morgan fingerprint density at radius 1 is 1.25 bits per heavy atom. The van der Waals surface area contributed by atoms with Crippen molar-refractivity contribution in [3.8, 4) is 5.75 Å². The number of carbonyl (C=O) groups is 1. The fraction of sp³-hybridized carbons (Fsp3) is 0.0667. The maximum absolute atomic E-state index is 12.2. The molecular weight excluding hydrogens is 272 g/mol. The molecule has 2 aromatic carbocycles. The molecule has 100 valence electrons. The van der Waals surface area contributed by atoms with Crippen molar-refractivity contribution in [2.75, 3.05) is 5.32 Å². The molecule has 20 heavy (non-hydrogen) atoms. The van der Waals surface area contributed by atoms with Crippen molar-refractivity contribution in [1.82, 2.24) is 4.98 Å². The van der Waals surface area contributed by atoms with E-state index in [1.165, 1.54) is 11.3 Å². The first-order chi connectivity index (χ1) is 9.63. The molecule has 0 unspecified atom stereocenters. The van der Waals surface area contributed by atoms with E-state index in [9.17, 15) is 9.90 Å². The van der Waals surface area contributed by atoms with Gasteiger partial charge in [-0.05, 0) is 42.8 Å². The van der Waals surface area contributed by atoms with Crippen LogP contribution >= 0.6 is 11.3 Å². The maximum Gasteiger partial charge on any atom is 0.255 e. The van der Waals surface area contributed by atoms with Gasteiger partial charge in [-0.1, -0.05) is 6.07 Å². The van der Waals surface area contributed by atoms with Gasteiger partial charge >= 0.3 is 0 Å². The number of phenolic OH excluding ortho intramolecular Hbond substituents is 1. The lowest BCUT2D eigenvalue weighted by atomic mass is 10.1. The van der Waals surface area contributed by atoms with Crippen LogP contribution in [0.2, 0.25) is 0 Å². The largest absolute Gasteiger partial charge is 0.506 e. The molecule has 1 aromatic heterocycles. The average molecular weight is 284 g/mol. The molecule has 0 aliphatic carbocycles. The molecule has 3 aromatic rings. The summed E-state index contributed by atoms with van der Waals surface area (Å²) < 4.78 is 0.964. The third-order valence-electron chi connectivity index (χ3n) is 2.99. The minimum atomic E-state index is -0.251. The van der Waals surface area contributed by atoms with Crippen LogP contribution < -0.4 is 5.32 Å². The average Bonchev–Trinajstić information content (AvgIpc) is 2.89. The number of nitrogens with one attached hydrogen (secondary N) is 1. The molecule has 0 aliphatic rings. The molecule has 5 heteroatoms.